The molecule has 1 saturated heterocycles. The van der Waals surface area contributed by atoms with Gasteiger partial charge in [0.2, 0.25) is 0 Å². The molecule has 2 N–H and O–H groups in total. The molecule has 3 nitrogen and oxygen atoms in total. The van der Waals surface area contributed by atoms with Crippen molar-refractivity contribution in [2.24, 2.45) is 0 Å². The van der Waals surface area contributed by atoms with E-state index in [9.17, 15) is 5.11 Å². The number of ether oxygens (including phenoxy) is 1. The van der Waals surface area contributed by atoms with Gasteiger partial charge in [-0.25, -0.2) is 0 Å². The highest BCUT2D eigenvalue weighted by Crippen LogP contribution is 2.31. The van der Waals surface area contributed by atoms with Gasteiger partial charge >= 0.3 is 0 Å². The van der Waals surface area contributed by atoms with Crippen LogP contribution in [0.5, 0.6) is 5.75 Å². The number of methoxy groups -OCH3 is 1. The van der Waals surface area contributed by atoms with Gasteiger partial charge in [0.25, 0.3) is 0 Å². The van der Waals surface area contributed by atoms with Crippen molar-refractivity contribution in [1.29, 1.82) is 0 Å². The van der Waals surface area contributed by atoms with Crippen molar-refractivity contribution < 1.29 is 9.84 Å². The second-order valence-electron chi connectivity index (χ2n) is 4.47. The number of aliphatic hydroxyl groups excluding tert-OH is 1. The van der Waals surface area contributed by atoms with E-state index in [1.807, 2.05) is 12.1 Å². The summed E-state index contributed by atoms with van der Waals surface area (Å²) in [4.78, 5) is 0. The molecule has 1 fully saturated rings. The molecule has 0 aromatic heterocycles. The Kier molecular flexibility index (Phi) is 3.46. The highest BCUT2D eigenvalue weighted by atomic mass is 16.5. The minimum Gasteiger partial charge on any atom is -0.497 e. The van der Waals surface area contributed by atoms with Gasteiger partial charge in [-0.3, -0.25) is 0 Å². The molecule has 1 aromatic carbocycles. The van der Waals surface area contributed by atoms with Crippen molar-refractivity contribution in [2.45, 2.75) is 31.3 Å². The molecule has 0 radical (unpaired) electrons. The third-order valence-corrected chi connectivity index (χ3v) is 3.33. The first-order chi connectivity index (χ1) is 7.74. The molecule has 0 saturated carbocycles. The Morgan fingerprint density at radius 3 is 2.62 bits per heavy atom. The third-order valence-electron chi connectivity index (χ3n) is 3.33. The maximum Gasteiger partial charge on any atom is 0.118 e. The van der Waals surface area contributed by atoms with E-state index in [1.165, 1.54) is 5.56 Å². The largest absolute Gasteiger partial charge is 0.497 e. The van der Waals surface area contributed by atoms with Crippen molar-refractivity contribution in [1.82, 2.24) is 5.32 Å². The predicted molar refractivity (Wildman–Crippen MR) is 63.8 cm³/mol. The van der Waals surface area contributed by atoms with E-state index in [0.717, 1.165) is 12.2 Å². The van der Waals surface area contributed by atoms with E-state index in [0.29, 0.717) is 12.0 Å². The summed E-state index contributed by atoms with van der Waals surface area (Å²) in [6.45, 7) is 2.35. The molecule has 3 atom stereocenters. The van der Waals surface area contributed by atoms with E-state index >= 15 is 0 Å². The second kappa shape index (κ2) is 4.85. The lowest BCUT2D eigenvalue weighted by molar-refractivity contribution is 0.243. The summed E-state index contributed by atoms with van der Waals surface area (Å²) in [7, 11) is 1.67. The fourth-order valence-electron chi connectivity index (χ4n) is 2.49. The van der Waals surface area contributed by atoms with Crippen molar-refractivity contribution in [3.8, 4) is 5.75 Å². The Balaban J connectivity index is 2.16. The van der Waals surface area contributed by atoms with Gasteiger partial charge in [0.05, 0.1) is 13.7 Å². The van der Waals surface area contributed by atoms with Crippen LogP contribution in [-0.4, -0.2) is 30.9 Å². The van der Waals surface area contributed by atoms with Crippen LogP contribution in [0.2, 0.25) is 0 Å². The summed E-state index contributed by atoms with van der Waals surface area (Å²) < 4.78 is 5.14. The van der Waals surface area contributed by atoms with E-state index in [1.54, 1.807) is 7.11 Å². The van der Waals surface area contributed by atoms with Crippen LogP contribution in [0.25, 0.3) is 0 Å². The van der Waals surface area contributed by atoms with Crippen LogP contribution in [0.15, 0.2) is 24.3 Å². The van der Waals surface area contributed by atoms with Crippen LogP contribution in [0.3, 0.4) is 0 Å². The lowest BCUT2D eigenvalue weighted by Gasteiger charge is -2.17. The van der Waals surface area contributed by atoms with Gasteiger partial charge in [0.15, 0.2) is 0 Å². The first-order valence-corrected chi connectivity index (χ1v) is 5.75. The zero-order valence-electron chi connectivity index (χ0n) is 9.81. The summed E-state index contributed by atoms with van der Waals surface area (Å²) >= 11 is 0. The normalized spacial score (nSPS) is 29.3. The van der Waals surface area contributed by atoms with Gasteiger partial charge in [-0.2, -0.15) is 0 Å². The number of hydrogen-bond donors (Lipinski definition) is 2. The topological polar surface area (TPSA) is 41.5 Å². The van der Waals surface area contributed by atoms with Gasteiger partial charge in [0.1, 0.15) is 5.75 Å². The molecule has 1 aromatic rings. The minimum absolute atomic E-state index is 0.184. The zero-order valence-corrected chi connectivity index (χ0v) is 9.81. The van der Waals surface area contributed by atoms with E-state index in [2.05, 4.69) is 24.4 Å². The highest BCUT2D eigenvalue weighted by molar-refractivity contribution is 5.31. The molecule has 0 unspecified atom stereocenters. The predicted octanol–water partition coefficient (Wildman–Crippen LogP) is 1.52. The first kappa shape index (κ1) is 11.4. The van der Waals surface area contributed by atoms with E-state index in [4.69, 9.17) is 4.74 Å². The van der Waals surface area contributed by atoms with Crippen molar-refractivity contribution in [2.75, 3.05) is 13.7 Å². The molecule has 3 heteroatoms. The van der Waals surface area contributed by atoms with Gasteiger partial charge in [-0.1, -0.05) is 12.1 Å². The van der Waals surface area contributed by atoms with Crippen LogP contribution in [0.4, 0.5) is 0 Å². The molecule has 0 bridgehead atoms. The highest BCUT2D eigenvalue weighted by Gasteiger charge is 2.31. The summed E-state index contributed by atoms with van der Waals surface area (Å²) in [6.07, 6.45) is 1.08. The van der Waals surface area contributed by atoms with Crippen LogP contribution in [0.1, 0.15) is 24.8 Å². The van der Waals surface area contributed by atoms with Crippen LogP contribution in [-0.2, 0) is 0 Å². The zero-order chi connectivity index (χ0) is 11.5. The molecule has 88 valence electrons. The SMILES string of the molecule is COc1ccc([C@@H]2C[C@H](C)N[C@H]2CO)cc1. The van der Waals surface area contributed by atoms with Gasteiger partial charge in [0, 0.05) is 18.0 Å². The van der Waals surface area contributed by atoms with Crippen molar-refractivity contribution in [3.63, 3.8) is 0 Å². The lowest BCUT2D eigenvalue weighted by atomic mass is 9.91. The molecule has 1 heterocycles. The Bertz CT molecular complexity index is 336. The van der Waals surface area contributed by atoms with Crippen molar-refractivity contribution in [3.05, 3.63) is 29.8 Å². The van der Waals surface area contributed by atoms with Crippen molar-refractivity contribution >= 4 is 0 Å². The molecule has 1 aliphatic rings. The molecular weight excluding hydrogens is 202 g/mol. The molecule has 1 aliphatic heterocycles. The third kappa shape index (κ3) is 2.20. The van der Waals surface area contributed by atoms with Gasteiger partial charge in [-0.15, -0.1) is 0 Å². The van der Waals surface area contributed by atoms with Crippen LogP contribution in [0, 0.1) is 0 Å². The summed E-state index contributed by atoms with van der Waals surface area (Å²) in [6, 6.07) is 8.80. The number of aliphatic hydroxyl groups is 1. The number of hydrogen-bond acceptors (Lipinski definition) is 3. The Hall–Kier alpha value is -1.06. The first-order valence-electron chi connectivity index (χ1n) is 5.75. The Labute approximate surface area is 96.4 Å². The minimum atomic E-state index is 0.184. The fourth-order valence-corrected chi connectivity index (χ4v) is 2.49. The monoisotopic (exact) mass is 221 g/mol. The molecule has 0 spiro atoms. The average molecular weight is 221 g/mol. The average Bonchev–Trinajstić information content (AvgIpc) is 2.70. The molecule has 16 heavy (non-hydrogen) atoms. The van der Waals surface area contributed by atoms with Crippen LogP contribution >= 0.6 is 0 Å². The summed E-state index contributed by atoms with van der Waals surface area (Å²) in [5, 5.41) is 12.7. The smallest absolute Gasteiger partial charge is 0.118 e. The van der Waals surface area contributed by atoms with E-state index < -0.39 is 0 Å². The number of benzene rings is 1. The molecule has 0 amide bonds. The summed E-state index contributed by atoms with van der Waals surface area (Å²) in [5.74, 6) is 1.29. The van der Waals surface area contributed by atoms with Gasteiger partial charge in [-0.05, 0) is 31.0 Å². The second-order valence-corrected chi connectivity index (χ2v) is 4.47. The standard InChI is InChI=1S/C13H19NO2/c1-9-7-12(13(8-15)14-9)10-3-5-11(16-2)6-4-10/h3-6,9,12-15H,7-8H2,1-2H3/t9-,12-,13-/m0/s1. The Morgan fingerprint density at radius 1 is 1.38 bits per heavy atom. The maximum absolute atomic E-state index is 9.33. The lowest BCUT2D eigenvalue weighted by Crippen LogP contribution is -2.32. The van der Waals surface area contributed by atoms with Gasteiger partial charge < -0.3 is 15.2 Å². The molecular formula is C13H19NO2. The fraction of sp³-hybridized carbons (Fsp3) is 0.538. The molecule has 2 rings (SSSR count). The maximum atomic E-state index is 9.33. The van der Waals surface area contributed by atoms with E-state index in [-0.39, 0.29) is 12.6 Å². The summed E-state index contributed by atoms with van der Waals surface area (Å²) in [5.41, 5.74) is 1.27. The number of nitrogens with one attached hydrogen (secondary N) is 1. The number of rotatable bonds is 3. The quantitative estimate of drug-likeness (QED) is 0.813. The van der Waals surface area contributed by atoms with Crippen LogP contribution < -0.4 is 10.1 Å². The molecule has 0 aliphatic carbocycles. The Morgan fingerprint density at radius 2 is 2.06 bits per heavy atom.